The molecule has 1 aliphatic rings. The lowest BCUT2D eigenvalue weighted by Gasteiger charge is -2.32. The van der Waals surface area contributed by atoms with Crippen molar-refractivity contribution in [3.63, 3.8) is 0 Å². The normalized spacial score (nSPS) is 13.5. The molecule has 98 valence electrons. The van der Waals surface area contributed by atoms with Crippen molar-refractivity contribution in [2.45, 2.75) is 20.3 Å². The molecule has 1 aliphatic heterocycles. The van der Waals surface area contributed by atoms with Crippen LogP contribution in [0.3, 0.4) is 0 Å². The molecule has 2 heteroatoms. The van der Waals surface area contributed by atoms with Crippen LogP contribution in [0.5, 0.6) is 0 Å². The molecule has 1 heterocycles. The van der Waals surface area contributed by atoms with Crippen molar-refractivity contribution in [3.8, 4) is 0 Å². The van der Waals surface area contributed by atoms with E-state index in [-0.39, 0.29) is 0 Å². The smallest absolute Gasteiger partial charge is 0.0607 e. The van der Waals surface area contributed by atoms with E-state index < -0.39 is 0 Å². The molecule has 0 saturated heterocycles. The van der Waals surface area contributed by atoms with Crippen LogP contribution in [-0.4, -0.2) is 13.6 Å². The van der Waals surface area contributed by atoms with Crippen LogP contribution in [0.15, 0.2) is 42.5 Å². The van der Waals surface area contributed by atoms with Gasteiger partial charge in [0.2, 0.25) is 0 Å². The van der Waals surface area contributed by atoms with E-state index in [0.717, 1.165) is 13.0 Å². The van der Waals surface area contributed by atoms with Gasteiger partial charge in [-0.25, -0.2) is 0 Å². The van der Waals surface area contributed by atoms with E-state index >= 15 is 0 Å². The Morgan fingerprint density at radius 2 is 1.63 bits per heavy atom. The van der Waals surface area contributed by atoms with Gasteiger partial charge in [-0.1, -0.05) is 35.4 Å². The molecule has 0 fully saturated rings. The van der Waals surface area contributed by atoms with Gasteiger partial charge in [0.25, 0.3) is 0 Å². The van der Waals surface area contributed by atoms with E-state index in [2.05, 4.69) is 73.4 Å². The summed E-state index contributed by atoms with van der Waals surface area (Å²) in [5.74, 6) is 0. The molecular weight excluding hydrogens is 232 g/mol. The van der Waals surface area contributed by atoms with E-state index in [0.29, 0.717) is 0 Å². The highest BCUT2D eigenvalue weighted by Crippen LogP contribution is 2.31. The Kier molecular flexibility index (Phi) is 2.94. The maximum atomic E-state index is 2.36. The van der Waals surface area contributed by atoms with E-state index in [9.17, 15) is 0 Å². The Labute approximate surface area is 115 Å². The number of hydrogen-bond donors (Lipinski definition) is 0. The first kappa shape index (κ1) is 12.1. The van der Waals surface area contributed by atoms with Gasteiger partial charge < -0.3 is 0 Å². The first-order chi connectivity index (χ1) is 9.15. The summed E-state index contributed by atoms with van der Waals surface area (Å²) in [4.78, 5) is 0. The van der Waals surface area contributed by atoms with Crippen molar-refractivity contribution >= 4 is 11.4 Å². The number of nitrogens with zero attached hydrogens (tertiary/aromatic N) is 2. The Hall–Kier alpha value is -1.96. The zero-order chi connectivity index (χ0) is 13.4. The SMILES string of the molecule is Cc1ccc(N(C)N2CCc3cc(C)ccc32)cc1. The molecular formula is C17H20N2. The summed E-state index contributed by atoms with van der Waals surface area (Å²) < 4.78 is 0. The molecule has 2 aromatic carbocycles. The highest BCUT2D eigenvalue weighted by Gasteiger charge is 2.22. The first-order valence-electron chi connectivity index (χ1n) is 6.82. The maximum Gasteiger partial charge on any atom is 0.0607 e. The van der Waals surface area contributed by atoms with Crippen molar-refractivity contribution in [2.75, 3.05) is 23.6 Å². The summed E-state index contributed by atoms with van der Waals surface area (Å²) in [5.41, 5.74) is 6.68. The van der Waals surface area contributed by atoms with E-state index in [1.165, 1.54) is 28.1 Å². The molecule has 2 nitrogen and oxygen atoms in total. The topological polar surface area (TPSA) is 6.48 Å². The van der Waals surface area contributed by atoms with Gasteiger partial charge >= 0.3 is 0 Å². The fourth-order valence-electron chi connectivity index (χ4n) is 2.72. The monoisotopic (exact) mass is 252 g/mol. The van der Waals surface area contributed by atoms with Crippen molar-refractivity contribution in [2.24, 2.45) is 0 Å². The van der Waals surface area contributed by atoms with Gasteiger partial charge in [0.15, 0.2) is 0 Å². The van der Waals surface area contributed by atoms with Crippen LogP contribution < -0.4 is 10.0 Å². The van der Waals surface area contributed by atoms with Crippen LogP contribution in [0.4, 0.5) is 11.4 Å². The predicted molar refractivity (Wildman–Crippen MR) is 81.8 cm³/mol. The van der Waals surface area contributed by atoms with Crippen molar-refractivity contribution in [3.05, 3.63) is 59.2 Å². The minimum absolute atomic E-state index is 1.06. The molecule has 0 aliphatic carbocycles. The molecule has 0 saturated carbocycles. The summed E-state index contributed by atoms with van der Waals surface area (Å²) in [7, 11) is 2.14. The second-order valence-electron chi connectivity index (χ2n) is 5.36. The summed E-state index contributed by atoms with van der Waals surface area (Å²) >= 11 is 0. The molecule has 0 atom stereocenters. The molecule has 0 bridgehead atoms. The van der Waals surface area contributed by atoms with Crippen LogP contribution >= 0.6 is 0 Å². The number of hydrogen-bond acceptors (Lipinski definition) is 2. The van der Waals surface area contributed by atoms with Gasteiger partial charge in [0.05, 0.1) is 11.4 Å². The molecule has 0 radical (unpaired) electrons. The van der Waals surface area contributed by atoms with Gasteiger partial charge in [0.1, 0.15) is 0 Å². The average Bonchev–Trinajstić information content (AvgIpc) is 2.81. The Balaban J connectivity index is 1.91. The van der Waals surface area contributed by atoms with E-state index in [4.69, 9.17) is 0 Å². The zero-order valence-corrected chi connectivity index (χ0v) is 11.9. The number of fused-ring (bicyclic) bond motifs is 1. The van der Waals surface area contributed by atoms with Gasteiger partial charge in [0, 0.05) is 13.6 Å². The Bertz CT molecular complexity index is 587. The molecule has 19 heavy (non-hydrogen) atoms. The third-order valence-corrected chi connectivity index (χ3v) is 3.88. The quantitative estimate of drug-likeness (QED) is 0.803. The summed E-state index contributed by atoms with van der Waals surface area (Å²) in [6.45, 7) is 5.34. The third-order valence-electron chi connectivity index (χ3n) is 3.88. The second-order valence-corrected chi connectivity index (χ2v) is 5.36. The average molecular weight is 252 g/mol. The predicted octanol–water partition coefficient (Wildman–Crippen LogP) is 3.72. The lowest BCUT2D eigenvalue weighted by Crippen LogP contribution is -2.38. The van der Waals surface area contributed by atoms with Gasteiger partial charge in [-0.15, -0.1) is 0 Å². The lowest BCUT2D eigenvalue weighted by molar-refractivity contribution is 0.815. The number of rotatable bonds is 2. The Morgan fingerprint density at radius 3 is 2.37 bits per heavy atom. The van der Waals surface area contributed by atoms with E-state index in [1.807, 2.05) is 0 Å². The molecule has 0 aromatic heterocycles. The molecule has 0 unspecified atom stereocenters. The minimum atomic E-state index is 1.06. The largest absolute Gasteiger partial charge is 0.288 e. The second kappa shape index (κ2) is 4.61. The summed E-state index contributed by atoms with van der Waals surface area (Å²) in [5, 5.41) is 4.61. The van der Waals surface area contributed by atoms with Crippen molar-refractivity contribution in [1.82, 2.24) is 0 Å². The first-order valence-corrected chi connectivity index (χ1v) is 6.82. The number of aryl methyl sites for hydroxylation is 2. The lowest BCUT2D eigenvalue weighted by atomic mass is 10.1. The molecule has 0 N–H and O–H groups in total. The Morgan fingerprint density at radius 1 is 0.947 bits per heavy atom. The van der Waals surface area contributed by atoms with Crippen molar-refractivity contribution < 1.29 is 0 Å². The summed E-state index contributed by atoms with van der Waals surface area (Å²) in [6.07, 6.45) is 1.13. The molecule has 0 amide bonds. The van der Waals surface area contributed by atoms with Crippen LogP contribution in [0, 0.1) is 13.8 Å². The standard InChI is InChI=1S/C17H20N2/c1-13-4-7-16(8-5-13)18(3)19-11-10-15-12-14(2)6-9-17(15)19/h4-9,12H,10-11H2,1-3H3. The molecule has 0 spiro atoms. The maximum absolute atomic E-state index is 2.36. The van der Waals surface area contributed by atoms with Crippen LogP contribution in [0.2, 0.25) is 0 Å². The zero-order valence-electron chi connectivity index (χ0n) is 11.9. The highest BCUT2D eigenvalue weighted by atomic mass is 15.6. The van der Waals surface area contributed by atoms with Gasteiger partial charge in [-0.2, -0.15) is 0 Å². The third kappa shape index (κ3) is 2.19. The van der Waals surface area contributed by atoms with Crippen molar-refractivity contribution in [1.29, 1.82) is 0 Å². The summed E-state index contributed by atoms with van der Waals surface area (Å²) in [6, 6.07) is 15.4. The van der Waals surface area contributed by atoms with E-state index in [1.54, 1.807) is 0 Å². The molecule has 2 aromatic rings. The van der Waals surface area contributed by atoms with Gasteiger partial charge in [-0.05, 0) is 44.0 Å². The minimum Gasteiger partial charge on any atom is -0.288 e. The highest BCUT2D eigenvalue weighted by molar-refractivity contribution is 5.64. The number of hydrazine groups is 1. The number of anilines is 2. The van der Waals surface area contributed by atoms with Crippen LogP contribution in [0.1, 0.15) is 16.7 Å². The number of benzene rings is 2. The fraction of sp³-hybridized carbons (Fsp3) is 0.294. The fourth-order valence-corrected chi connectivity index (χ4v) is 2.72. The van der Waals surface area contributed by atoms with Gasteiger partial charge in [-0.3, -0.25) is 10.0 Å². The molecule has 3 rings (SSSR count). The van der Waals surface area contributed by atoms with Crippen LogP contribution in [0.25, 0.3) is 0 Å². The van der Waals surface area contributed by atoms with Crippen LogP contribution in [-0.2, 0) is 6.42 Å².